The van der Waals surface area contributed by atoms with Gasteiger partial charge in [-0.3, -0.25) is 4.79 Å². The highest BCUT2D eigenvalue weighted by Gasteiger charge is 2.44. The number of fused-ring (bicyclic) bond motifs is 1. The van der Waals surface area contributed by atoms with Crippen LogP contribution < -0.4 is 10.2 Å². The predicted octanol–water partition coefficient (Wildman–Crippen LogP) is 5.11. The number of alkyl halides is 4. The molecule has 1 fully saturated rings. The van der Waals surface area contributed by atoms with Crippen LogP contribution in [0.25, 0.3) is 0 Å². The Bertz CT molecular complexity index is 1080. The van der Waals surface area contributed by atoms with Crippen LogP contribution in [0.1, 0.15) is 70.6 Å². The van der Waals surface area contributed by atoms with Gasteiger partial charge in [0.1, 0.15) is 11.4 Å². The van der Waals surface area contributed by atoms with E-state index < -0.39 is 35.4 Å². The van der Waals surface area contributed by atoms with Crippen molar-refractivity contribution >= 4 is 33.6 Å². The Balaban J connectivity index is 1.56. The van der Waals surface area contributed by atoms with Crippen molar-refractivity contribution in [2.24, 2.45) is 11.8 Å². The summed E-state index contributed by atoms with van der Waals surface area (Å²) in [5, 5.41) is 16.5. The van der Waals surface area contributed by atoms with Gasteiger partial charge in [-0.15, -0.1) is 0 Å². The summed E-state index contributed by atoms with van der Waals surface area (Å²) in [5.74, 6) is -0.698. The molecule has 190 valence electrons. The third-order valence-corrected chi connectivity index (χ3v) is 7.89. The number of halogens is 4. The van der Waals surface area contributed by atoms with Gasteiger partial charge in [0.05, 0.1) is 18.2 Å². The fourth-order valence-corrected chi connectivity index (χ4v) is 5.63. The number of carbonyl (C=O) groups excluding carboxylic acids is 1. The average molecular weight is 557 g/mol. The number of carboxylic acid groups (broad SMARTS) is 1. The standard InChI is InChI=1S/C24H28BrF3N4O3/c1-14(17-6-8-18(9-7-17)23(34)35)29-21(33)19-20(24(26,27)28)30-32-11-10-31(22(19)32)13-16-4-2-15(12-25)3-5-16/h6-9,14-16H,2-5,10-13H2,1H3,(H,29,33)(H,34,35)/t14-,15?,16?/m0/s1. The second-order valence-electron chi connectivity index (χ2n) is 9.38. The number of nitrogens with one attached hydrogen (secondary N) is 1. The summed E-state index contributed by atoms with van der Waals surface area (Å²) in [4.78, 5) is 26.2. The van der Waals surface area contributed by atoms with Crippen molar-refractivity contribution in [3.05, 3.63) is 46.6 Å². The molecule has 1 atom stereocenters. The Hall–Kier alpha value is -2.56. The molecule has 0 bridgehead atoms. The van der Waals surface area contributed by atoms with E-state index in [0.717, 1.165) is 31.0 Å². The first-order valence-electron chi connectivity index (χ1n) is 11.7. The molecule has 2 aliphatic rings. The largest absolute Gasteiger partial charge is 0.478 e. The van der Waals surface area contributed by atoms with Crippen molar-refractivity contribution < 1.29 is 27.9 Å². The molecule has 1 saturated carbocycles. The van der Waals surface area contributed by atoms with E-state index in [1.807, 2.05) is 4.90 Å². The minimum Gasteiger partial charge on any atom is -0.478 e. The Kier molecular flexibility index (Phi) is 7.44. The van der Waals surface area contributed by atoms with Gasteiger partial charge in [0.25, 0.3) is 5.91 Å². The van der Waals surface area contributed by atoms with Gasteiger partial charge in [0.15, 0.2) is 5.69 Å². The zero-order chi connectivity index (χ0) is 25.3. The van der Waals surface area contributed by atoms with E-state index in [9.17, 15) is 22.8 Å². The van der Waals surface area contributed by atoms with Crippen LogP contribution in [0.4, 0.5) is 19.0 Å². The third kappa shape index (κ3) is 5.49. The Morgan fingerprint density at radius 3 is 2.34 bits per heavy atom. The lowest BCUT2D eigenvalue weighted by Crippen LogP contribution is -2.34. The van der Waals surface area contributed by atoms with Crippen molar-refractivity contribution in [3.63, 3.8) is 0 Å². The quantitative estimate of drug-likeness (QED) is 0.462. The lowest BCUT2D eigenvalue weighted by Gasteiger charge is -2.31. The van der Waals surface area contributed by atoms with Crippen LogP contribution in [0, 0.1) is 11.8 Å². The Morgan fingerprint density at radius 2 is 1.77 bits per heavy atom. The normalized spacial score (nSPS) is 21.0. The number of rotatable bonds is 7. The van der Waals surface area contributed by atoms with E-state index in [1.165, 1.54) is 28.9 Å². The van der Waals surface area contributed by atoms with Gasteiger partial charge >= 0.3 is 12.1 Å². The van der Waals surface area contributed by atoms with Crippen molar-refractivity contribution in [3.8, 4) is 0 Å². The molecular formula is C24H28BrF3N4O3. The molecular weight excluding hydrogens is 529 g/mol. The number of carboxylic acids is 1. The number of amides is 1. The van der Waals surface area contributed by atoms with Gasteiger partial charge < -0.3 is 15.3 Å². The van der Waals surface area contributed by atoms with E-state index in [-0.39, 0.29) is 11.4 Å². The van der Waals surface area contributed by atoms with Crippen LogP contribution in [-0.4, -0.2) is 45.2 Å². The molecule has 0 saturated heterocycles. The molecule has 35 heavy (non-hydrogen) atoms. The SMILES string of the molecule is C[C@H](NC(=O)c1c(C(F)(F)F)nn2c1N(CC1CCC(CBr)CC1)CC2)c1ccc(C(=O)O)cc1. The number of anilines is 1. The maximum atomic E-state index is 13.9. The maximum Gasteiger partial charge on any atom is 0.436 e. The second kappa shape index (κ2) is 10.2. The van der Waals surface area contributed by atoms with Gasteiger partial charge in [-0.25, -0.2) is 9.48 Å². The Morgan fingerprint density at radius 1 is 1.14 bits per heavy atom. The number of benzene rings is 1. The van der Waals surface area contributed by atoms with Crippen molar-refractivity contribution in [1.82, 2.24) is 15.1 Å². The van der Waals surface area contributed by atoms with E-state index in [1.54, 1.807) is 6.92 Å². The first-order chi connectivity index (χ1) is 16.6. The summed E-state index contributed by atoms with van der Waals surface area (Å²) in [6, 6.07) is 5.24. The van der Waals surface area contributed by atoms with Crippen molar-refractivity contribution in [1.29, 1.82) is 0 Å². The molecule has 1 aliphatic heterocycles. The highest BCUT2D eigenvalue weighted by molar-refractivity contribution is 9.09. The molecule has 1 aromatic heterocycles. The highest BCUT2D eigenvalue weighted by Crippen LogP contribution is 2.39. The molecule has 0 radical (unpaired) electrons. The summed E-state index contributed by atoms with van der Waals surface area (Å²) in [5.41, 5.74) is -0.952. The number of nitrogens with zero attached hydrogens (tertiary/aromatic N) is 3. The summed E-state index contributed by atoms with van der Waals surface area (Å²) in [6.45, 7) is 3.06. The third-order valence-electron chi connectivity index (χ3n) is 6.97. The number of hydrogen-bond acceptors (Lipinski definition) is 4. The van der Waals surface area contributed by atoms with Crippen LogP contribution in [-0.2, 0) is 12.7 Å². The van der Waals surface area contributed by atoms with Gasteiger partial charge in [0.2, 0.25) is 0 Å². The second-order valence-corrected chi connectivity index (χ2v) is 10.0. The van der Waals surface area contributed by atoms with Crippen LogP contribution in [0.15, 0.2) is 24.3 Å². The lowest BCUT2D eigenvalue weighted by molar-refractivity contribution is -0.141. The van der Waals surface area contributed by atoms with Crippen LogP contribution in [0.3, 0.4) is 0 Å². The van der Waals surface area contributed by atoms with Gasteiger partial charge in [-0.05, 0) is 62.1 Å². The topological polar surface area (TPSA) is 87.5 Å². The molecule has 0 unspecified atom stereocenters. The summed E-state index contributed by atoms with van der Waals surface area (Å²) in [6.07, 6.45) is -0.573. The molecule has 4 rings (SSSR count). The van der Waals surface area contributed by atoms with Crippen LogP contribution >= 0.6 is 15.9 Å². The Labute approximate surface area is 209 Å². The average Bonchev–Trinajstić information content (AvgIpc) is 3.39. The molecule has 7 nitrogen and oxygen atoms in total. The molecule has 2 aromatic rings. The maximum absolute atomic E-state index is 13.9. The predicted molar refractivity (Wildman–Crippen MR) is 128 cm³/mol. The summed E-state index contributed by atoms with van der Waals surface area (Å²) >= 11 is 3.53. The van der Waals surface area contributed by atoms with E-state index >= 15 is 0 Å². The smallest absolute Gasteiger partial charge is 0.436 e. The fourth-order valence-electron chi connectivity index (χ4n) is 4.98. The van der Waals surface area contributed by atoms with Crippen molar-refractivity contribution in [2.75, 3.05) is 23.3 Å². The summed E-state index contributed by atoms with van der Waals surface area (Å²) in [7, 11) is 0. The minimum atomic E-state index is -4.77. The number of hydrogen-bond donors (Lipinski definition) is 2. The first kappa shape index (κ1) is 25.5. The zero-order valence-corrected chi connectivity index (χ0v) is 20.9. The zero-order valence-electron chi connectivity index (χ0n) is 19.3. The van der Waals surface area contributed by atoms with E-state index in [4.69, 9.17) is 5.11 Å². The molecule has 1 aromatic carbocycles. The van der Waals surface area contributed by atoms with Gasteiger partial charge in [0, 0.05) is 18.4 Å². The lowest BCUT2D eigenvalue weighted by atomic mass is 9.83. The fraction of sp³-hybridized carbons (Fsp3) is 0.542. The van der Waals surface area contributed by atoms with Gasteiger partial charge in [-0.2, -0.15) is 18.3 Å². The van der Waals surface area contributed by atoms with Crippen LogP contribution in [0.5, 0.6) is 0 Å². The highest BCUT2D eigenvalue weighted by atomic mass is 79.9. The van der Waals surface area contributed by atoms with Crippen LogP contribution in [0.2, 0.25) is 0 Å². The molecule has 0 spiro atoms. The molecule has 2 N–H and O–H groups in total. The number of aromatic carboxylic acids is 1. The van der Waals surface area contributed by atoms with Crippen molar-refractivity contribution in [2.45, 2.75) is 51.4 Å². The number of aromatic nitrogens is 2. The molecule has 1 amide bonds. The minimum absolute atomic E-state index is 0.0851. The summed E-state index contributed by atoms with van der Waals surface area (Å²) < 4.78 is 42.9. The molecule has 11 heteroatoms. The number of carbonyl (C=O) groups is 2. The van der Waals surface area contributed by atoms with Gasteiger partial charge in [-0.1, -0.05) is 28.1 Å². The van der Waals surface area contributed by atoms with E-state index in [0.29, 0.717) is 37.0 Å². The first-order valence-corrected chi connectivity index (χ1v) is 12.8. The molecule has 1 aliphatic carbocycles. The molecule has 2 heterocycles. The van der Waals surface area contributed by atoms with E-state index in [2.05, 4.69) is 26.3 Å². The monoisotopic (exact) mass is 556 g/mol.